The van der Waals surface area contributed by atoms with Gasteiger partial charge in [-0.2, -0.15) is 5.10 Å². The van der Waals surface area contributed by atoms with Gasteiger partial charge in [-0.05, 0) is 34.1 Å². The molecule has 0 unspecified atom stereocenters. The van der Waals surface area contributed by atoms with Crippen molar-refractivity contribution in [1.29, 1.82) is 0 Å². The lowest BCUT2D eigenvalue weighted by atomic mass is 10.3. The summed E-state index contributed by atoms with van der Waals surface area (Å²) in [7, 11) is 0. The number of hydrogen-bond donors (Lipinski definition) is 1. The van der Waals surface area contributed by atoms with Gasteiger partial charge in [0, 0.05) is 16.4 Å². The Morgan fingerprint density at radius 1 is 1.43 bits per heavy atom. The zero-order chi connectivity index (χ0) is 10.1. The number of hydrogen-bond acceptors (Lipinski definition) is 2. The van der Waals surface area contributed by atoms with E-state index in [1.165, 1.54) is 0 Å². The summed E-state index contributed by atoms with van der Waals surface area (Å²) < 4.78 is 2.55. The van der Waals surface area contributed by atoms with E-state index in [4.69, 9.17) is 17.3 Å². The monoisotopic (exact) mass is 271 g/mol. The molecule has 1 heterocycles. The van der Waals surface area contributed by atoms with Gasteiger partial charge in [0.15, 0.2) is 0 Å². The lowest BCUT2D eigenvalue weighted by Gasteiger charge is -2.03. The highest BCUT2D eigenvalue weighted by atomic mass is 79.9. The average molecular weight is 273 g/mol. The second kappa shape index (κ2) is 3.63. The molecule has 0 aliphatic rings. The fourth-order valence-electron chi connectivity index (χ4n) is 1.12. The molecule has 0 spiro atoms. The second-order valence-electron chi connectivity index (χ2n) is 2.81. The van der Waals surface area contributed by atoms with E-state index >= 15 is 0 Å². The first kappa shape index (κ1) is 9.55. The van der Waals surface area contributed by atoms with Crippen molar-refractivity contribution in [3.63, 3.8) is 0 Å². The third-order valence-corrected chi connectivity index (χ3v) is 2.71. The Kier molecular flexibility index (Phi) is 2.48. The standard InChI is InChI=1S/C9H7BrClN3/c10-8-2-1-7(3-9(8)12)14-5-6(11)4-13-14/h1-5H,12H2. The number of nitrogen functional groups attached to an aromatic ring is 1. The van der Waals surface area contributed by atoms with Crippen LogP contribution in [-0.2, 0) is 0 Å². The maximum absolute atomic E-state index is 5.76. The zero-order valence-electron chi connectivity index (χ0n) is 7.11. The van der Waals surface area contributed by atoms with Gasteiger partial charge in [0.1, 0.15) is 0 Å². The molecule has 2 rings (SSSR count). The molecule has 0 amide bonds. The van der Waals surface area contributed by atoms with E-state index in [1.807, 2.05) is 18.2 Å². The Bertz CT molecular complexity index is 467. The van der Waals surface area contributed by atoms with E-state index in [-0.39, 0.29) is 0 Å². The maximum atomic E-state index is 5.76. The fourth-order valence-corrected chi connectivity index (χ4v) is 1.50. The summed E-state index contributed by atoms with van der Waals surface area (Å²) in [6, 6.07) is 5.61. The van der Waals surface area contributed by atoms with Gasteiger partial charge in [-0.15, -0.1) is 0 Å². The van der Waals surface area contributed by atoms with Crippen LogP contribution in [0.15, 0.2) is 35.1 Å². The molecule has 0 fully saturated rings. The molecule has 0 bridgehead atoms. The summed E-state index contributed by atoms with van der Waals surface area (Å²) in [6.45, 7) is 0. The molecule has 2 aromatic rings. The number of anilines is 1. The number of halogens is 2. The Morgan fingerprint density at radius 3 is 2.79 bits per heavy atom. The predicted octanol–water partition coefficient (Wildman–Crippen LogP) is 2.87. The first-order valence-electron chi connectivity index (χ1n) is 3.92. The summed E-state index contributed by atoms with van der Waals surface area (Å²) in [5.41, 5.74) is 7.31. The number of rotatable bonds is 1. The van der Waals surface area contributed by atoms with E-state index in [1.54, 1.807) is 17.1 Å². The minimum absolute atomic E-state index is 0.603. The van der Waals surface area contributed by atoms with E-state index in [0.29, 0.717) is 10.7 Å². The first-order valence-corrected chi connectivity index (χ1v) is 5.09. The Morgan fingerprint density at radius 2 is 2.21 bits per heavy atom. The molecule has 0 saturated heterocycles. The van der Waals surface area contributed by atoms with Crippen LogP contribution in [0.25, 0.3) is 5.69 Å². The molecular formula is C9H7BrClN3. The molecular weight excluding hydrogens is 265 g/mol. The quantitative estimate of drug-likeness (QED) is 0.811. The third kappa shape index (κ3) is 1.76. The normalized spacial score (nSPS) is 10.4. The minimum atomic E-state index is 0.603. The van der Waals surface area contributed by atoms with Crippen LogP contribution in [0.3, 0.4) is 0 Å². The van der Waals surface area contributed by atoms with Crippen molar-refractivity contribution in [2.24, 2.45) is 0 Å². The van der Waals surface area contributed by atoms with Crippen molar-refractivity contribution in [3.8, 4) is 5.69 Å². The van der Waals surface area contributed by atoms with Gasteiger partial charge in [-0.3, -0.25) is 0 Å². The van der Waals surface area contributed by atoms with Gasteiger partial charge in [-0.1, -0.05) is 11.6 Å². The van der Waals surface area contributed by atoms with Gasteiger partial charge in [-0.25, -0.2) is 4.68 Å². The molecule has 5 heteroatoms. The zero-order valence-corrected chi connectivity index (χ0v) is 9.46. The van der Waals surface area contributed by atoms with Crippen molar-refractivity contribution >= 4 is 33.2 Å². The van der Waals surface area contributed by atoms with Crippen LogP contribution in [0.4, 0.5) is 5.69 Å². The molecule has 0 atom stereocenters. The Balaban J connectivity index is 2.47. The first-order chi connectivity index (χ1) is 6.66. The van der Waals surface area contributed by atoms with E-state index < -0.39 is 0 Å². The topological polar surface area (TPSA) is 43.8 Å². The van der Waals surface area contributed by atoms with Gasteiger partial charge in [0.05, 0.1) is 16.9 Å². The van der Waals surface area contributed by atoms with Crippen LogP contribution >= 0.6 is 27.5 Å². The molecule has 3 nitrogen and oxygen atoms in total. The van der Waals surface area contributed by atoms with Crippen molar-refractivity contribution in [2.45, 2.75) is 0 Å². The van der Waals surface area contributed by atoms with Crippen LogP contribution in [0.5, 0.6) is 0 Å². The van der Waals surface area contributed by atoms with Gasteiger partial charge in [0.2, 0.25) is 0 Å². The average Bonchev–Trinajstić information content (AvgIpc) is 2.57. The summed E-state index contributed by atoms with van der Waals surface area (Å²) in [6.07, 6.45) is 3.31. The van der Waals surface area contributed by atoms with E-state index in [2.05, 4.69) is 21.0 Å². The molecule has 0 aliphatic carbocycles. The van der Waals surface area contributed by atoms with Crippen LogP contribution < -0.4 is 5.73 Å². The number of nitrogens with zero attached hydrogens (tertiary/aromatic N) is 2. The third-order valence-electron chi connectivity index (χ3n) is 1.80. The second-order valence-corrected chi connectivity index (χ2v) is 4.10. The Labute approximate surface area is 94.6 Å². The fraction of sp³-hybridized carbons (Fsp3) is 0. The lowest BCUT2D eigenvalue weighted by molar-refractivity contribution is 0.881. The van der Waals surface area contributed by atoms with Gasteiger partial charge >= 0.3 is 0 Å². The SMILES string of the molecule is Nc1cc(-n2cc(Cl)cn2)ccc1Br. The largest absolute Gasteiger partial charge is 0.398 e. The molecule has 72 valence electrons. The van der Waals surface area contributed by atoms with E-state index in [0.717, 1.165) is 10.2 Å². The minimum Gasteiger partial charge on any atom is -0.398 e. The van der Waals surface area contributed by atoms with Gasteiger partial charge in [0.25, 0.3) is 0 Å². The molecule has 2 N–H and O–H groups in total. The molecule has 0 saturated carbocycles. The maximum Gasteiger partial charge on any atom is 0.0790 e. The van der Waals surface area contributed by atoms with Crippen molar-refractivity contribution < 1.29 is 0 Å². The highest BCUT2D eigenvalue weighted by Gasteiger charge is 2.01. The summed E-state index contributed by atoms with van der Waals surface area (Å²) >= 11 is 9.08. The molecule has 0 aliphatic heterocycles. The van der Waals surface area contributed by atoms with Crippen molar-refractivity contribution in [2.75, 3.05) is 5.73 Å². The van der Waals surface area contributed by atoms with Crippen LogP contribution in [-0.4, -0.2) is 9.78 Å². The number of nitrogens with two attached hydrogens (primary N) is 1. The molecule has 14 heavy (non-hydrogen) atoms. The summed E-state index contributed by atoms with van der Waals surface area (Å²) in [5, 5.41) is 4.67. The van der Waals surface area contributed by atoms with E-state index in [9.17, 15) is 0 Å². The van der Waals surface area contributed by atoms with Crippen LogP contribution in [0.2, 0.25) is 5.02 Å². The Hall–Kier alpha value is -1.00. The number of benzene rings is 1. The van der Waals surface area contributed by atoms with Crippen molar-refractivity contribution in [3.05, 3.63) is 40.1 Å². The highest BCUT2D eigenvalue weighted by Crippen LogP contribution is 2.22. The molecule has 1 aromatic heterocycles. The van der Waals surface area contributed by atoms with Crippen LogP contribution in [0.1, 0.15) is 0 Å². The summed E-state index contributed by atoms with van der Waals surface area (Å²) in [4.78, 5) is 0. The molecule has 1 aromatic carbocycles. The van der Waals surface area contributed by atoms with Crippen molar-refractivity contribution in [1.82, 2.24) is 9.78 Å². The van der Waals surface area contributed by atoms with Crippen LogP contribution in [0, 0.1) is 0 Å². The summed E-state index contributed by atoms with van der Waals surface area (Å²) in [5.74, 6) is 0. The molecule has 0 radical (unpaired) electrons. The predicted molar refractivity (Wildman–Crippen MR) is 60.7 cm³/mol. The smallest absolute Gasteiger partial charge is 0.0790 e. The highest BCUT2D eigenvalue weighted by molar-refractivity contribution is 9.10. The number of aromatic nitrogens is 2. The van der Waals surface area contributed by atoms with Gasteiger partial charge < -0.3 is 5.73 Å². The lowest BCUT2D eigenvalue weighted by Crippen LogP contribution is -1.96.